The van der Waals surface area contributed by atoms with Crippen molar-refractivity contribution in [1.82, 2.24) is 19.4 Å². The van der Waals surface area contributed by atoms with Gasteiger partial charge in [0.1, 0.15) is 17.5 Å². The molecular formula is C24H24N8. The molecule has 0 amide bonds. The van der Waals surface area contributed by atoms with Crippen molar-refractivity contribution in [2.45, 2.75) is 12.8 Å². The summed E-state index contributed by atoms with van der Waals surface area (Å²) in [6.45, 7) is 3.54. The standard InChI is InChI=1S/C24H24N8/c25-16-18-6-7-22(29-17-18)26-8-9-28-24-30-21(15-23-27-10-13-32(23)24)19-4-3-5-20(14-19)31-11-1-2-12-31/h3-7,10,13-15,17H,1-2,8-9,11-12H2,(H,26,29)(H,28,30). The van der Waals surface area contributed by atoms with Gasteiger partial charge in [0, 0.05) is 62.1 Å². The van der Waals surface area contributed by atoms with Crippen LogP contribution in [-0.4, -0.2) is 45.5 Å². The predicted molar refractivity (Wildman–Crippen MR) is 126 cm³/mol. The summed E-state index contributed by atoms with van der Waals surface area (Å²) >= 11 is 0. The van der Waals surface area contributed by atoms with Crippen LogP contribution in [0, 0.1) is 11.3 Å². The molecule has 0 radical (unpaired) electrons. The van der Waals surface area contributed by atoms with E-state index in [-0.39, 0.29) is 0 Å². The third-order valence-electron chi connectivity index (χ3n) is 5.61. The van der Waals surface area contributed by atoms with Crippen LogP contribution in [0.1, 0.15) is 18.4 Å². The number of hydrogen-bond donors (Lipinski definition) is 2. The number of pyridine rings is 1. The van der Waals surface area contributed by atoms with Crippen LogP contribution in [0.25, 0.3) is 16.9 Å². The van der Waals surface area contributed by atoms with E-state index in [4.69, 9.17) is 10.2 Å². The Morgan fingerprint density at radius 3 is 2.69 bits per heavy atom. The molecule has 0 aliphatic carbocycles. The van der Waals surface area contributed by atoms with E-state index >= 15 is 0 Å². The molecule has 4 heterocycles. The largest absolute Gasteiger partial charge is 0.372 e. The molecule has 1 saturated heterocycles. The van der Waals surface area contributed by atoms with E-state index in [1.54, 1.807) is 24.5 Å². The number of aromatic nitrogens is 4. The van der Waals surface area contributed by atoms with Crippen molar-refractivity contribution in [3.63, 3.8) is 0 Å². The van der Waals surface area contributed by atoms with Crippen LogP contribution in [0.3, 0.4) is 0 Å². The summed E-state index contributed by atoms with van der Waals surface area (Å²) in [5.41, 5.74) is 4.63. The first kappa shape index (κ1) is 19.8. The Hall–Kier alpha value is -4.12. The molecule has 5 rings (SSSR count). The van der Waals surface area contributed by atoms with Crippen LogP contribution in [0.5, 0.6) is 0 Å². The molecule has 0 atom stereocenters. The van der Waals surface area contributed by atoms with Crippen LogP contribution in [-0.2, 0) is 0 Å². The van der Waals surface area contributed by atoms with Gasteiger partial charge in [0.15, 0.2) is 0 Å². The summed E-state index contributed by atoms with van der Waals surface area (Å²) in [5.74, 6) is 1.48. The maximum absolute atomic E-state index is 8.88. The van der Waals surface area contributed by atoms with Gasteiger partial charge in [-0.3, -0.25) is 4.40 Å². The van der Waals surface area contributed by atoms with Crippen molar-refractivity contribution in [2.24, 2.45) is 0 Å². The third kappa shape index (κ3) is 4.18. The van der Waals surface area contributed by atoms with Crippen LogP contribution < -0.4 is 15.5 Å². The molecule has 8 nitrogen and oxygen atoms in total. The number of nitrogens with zero attached hydrogens (tertiary/aromatic N) is 6. The smallest absolute Gasteiger partial charge is 0.209 e. The van der Waals surface area contributed by atoms with Crippen molar-refractivity contribution in [2.75, 3.05) is 41.7 Å². The normalized spacial score (nSPS) is 13.3. The van der Waals surface area contributed by atoms with Crippen LogP contribution >= 0.6 is 0 Å². The number of rotatable bonds is 7. The molecule has 0 unspecified atom stereocenters. The highest BCUT2D eigenvalue weighted by Crippen LogP contribution is 2.27. The Morgan fingerprint density at radius 2 is 1.88 bits per heavy atom. The zero-order valence-corrected chi connectivity index (χ0v) is 17.7. The van der Waals surface area contributed by atoms with E-state index in [0.717, 1.165) is 41.8 Å². The highest BCUT2D eigenvalue weighted by Gasteiger charge is 2.14. The molecule has 160 valence electrons. The van der Waals surface area contributed by atoms with Crippen molar-refractivity contribution in [3.05, 3.63) is 66.6 Å². The molecule has 0 bridgehead atoms. The molecule has 32 heavy (non-hydrogen) atoms. The number of nitriles is 1. The third-order valence-corrected chi connectivity index (χ3v) is 5.61. The average Bonchev–Trinajstić information content (AvgIpc) is 3.54. The second-order valence-corrected chi connectivity index (χ2v) is 7.76. The molecule has 1 aromatic carbocycles. The van der Waals surface area contributed by atoms with Gasteiger partial charge in [0.05, 0.1) is 11.3 Å². The van der Waals surface area contributed by atoms with E-state index in [1.165, 1.54) is 18.5 Å². The average molecular weight is 425 g/mol. The van der Waals surface area contributed by atoms with Gasteiger partial charge in [-0.1, -0.05) is 12.1 Å². The number of anilines is 3. The van der Waals surface area contributed by atoms with Gasteiger partial charge in [0.25, 0.3) is 0 Å². The fourth-order valence-corrected chi connectivity index (χ4v) is 3.96. The van der Waals surface area contributed by atoms with E-state index in [9.17, 15) is 0 Å². The van der Waals surface area contributed by atoms with E-state index < -0.39 is 0 Å². The fraction of sp³-hybridized carbons (Fsp3) is 0.250. The first-order chi connectivity index (χ1) is 15.8. The quantitative estimate of drug-likeness (QED) is 0.436. The van der Waals surface area contributed by atoms with E-state index in [1.807, 2.05) is 16.7 Å². The minimum atomic E-state index is 0.547. The minimum Gasteiger partial charge on any atom is -0.372 e. The number of nitrogens with one attached hydrogen (secondary N) is 2. The summed E-state index contributed by atoms with van der Waals surface area (Å²) < 4.78 is 1.95. The second kappa shape index (κ2) is 8.94. The monoisotopic (exact) mass is 424 g/mol. The zero-order valence-electron chi connectivity index (χ0n) is 17.7. The molecule has 1 fully saturated rings. The highest BCUT2D eigenvalue weighted by molar-refractivity contribution is 5.70. The van der Waals surface area contributed by atoms with Gasteiger partial charge in [-0.15, -0.1) is 0 Å². The molecular weight excluding hydrogens is 400 g/mol. The van der Waals surface area contributed by atoms with Crippen molar-refractivity contribution in [1.29, 1.82) is 5.26 Å². The fourth-order valence-electron chi connectivity index (χ4n) is 3.96. The van der Waals surface area contributed by atoms with Gasteiger partial charge in [-0.2, -0.15) is 5.26 Å². The van der Waals surface area contributed by atoms with Gasteiger partial charge in [-0.25, -0.2) is 15.0 Å². The maximum atomic E-state index is 8.88. The molecule has 2 N–H and O–H groups in total. The lowest BCUT2D eigenvalue weighted by Gasteiger charge is -2.18. The topological polar surface area (TPSA) is 94.2 Å². The van der Waals surface area contributed by atoms with Crippen molar-refractivity contribution >= 4 is 23.1 Å². The Morgan fingerprint density at radius 1 is 1.00 bits per heavy atom. The Bertz CT molecular complexity index is 1250. The van der Waals surface area contributed by atoms with Crippen LogP contribution in [0.4, 0.5) is 17.5 Å². The molecule has 4 aromatic rings. The molecule has 8 heteroatoms. The lowest BCUT2D eigenvalue weighted by Crippen LogP contribution is -2.17. The van der Waals surface area contributed by atoms with E-state index in [0.29, 0.717) is 18.7 Å². The summed E-state index contributed by atoms with van der Waals surface area (Å²) in [6.07, 6.45) is 7.76. The molecule has 1 aliphatic rings. The molecule has 3 aromatic heterocycles. The van der Waals surface area contributed by atoms with Crippen molar-refractivity contribution < 1.29 is 0 Å². The molecule has 0 saturated carbocycles. The zero-order chi connectivity index (χ0) is 21.8. The van der Waals surface area contributed by atoms with E-state index in [2.05, 4.69) is 55.8 Å². The van der Waals surface area contributed by atoms with Crippen LogP contribution in [0.15, 0.2) is 61.1 Å². The number of fused-ring (bicyclic) bond motifs is 1. The Labute approximate surface area is 186 Å². The number of hydrogen-bond acceptors (Lipinski definition) is 7. The Balaban J connectivity index is 1.32. The first-order valence-corrected chi connectivity index (χ1v) is 10.8. The lowest BCUT2D eigenvalue weighted by molar-refractivity contribution is 0.949. The van der Waals surface area contributed by atoms with Crippen LogP contribution in [0.2, 0.25) is 0 Å². The minimum absolute atomic E-state index is 0.547. The molecule has 0 spiro atoms. The summed E-state index contributed by atoms with van der Waals surface area (Å²) in [5, 5.41) is 15.5. The first-order valence-electron chi connectivity index (χ1n) is 10.8. The lowest BCUT2D eigenvalue weighted by atomic mass is 10.1. The predicted octanol–water partition coefficient (Wildman–Crippen LogP) is 3.79. The van der Waals surface area contributed by atoms with Crippen molar-refractivity contribution in [3.8, 4) is 17.3 Å². The summed E-state index contributed by atoms with van der Waals surface area (Å²) in [6, 6.07) is 16.2. The summed E-state index contributed by atoms with van der Waals surface area (Å²) in [7, 11) is 0. The highest BCUT2D eigenvalue weighted by atomic mass is 15.2. The van der Waals surface area contributed by atoms with Gasteiger partial charge in [0.2, 0.25) is 5.95 Å². The number of imidazole rings is 1. The number of benzene rings is 1. The van der Waals surface area contributed by atoms with Gasteiger partial charge >= 0.3 is 0 Å². The Kier molecular flexibility index (Phi) is 5.54. The van der Waals surface area contributed by atoms with Gasteiger partial charge in [-0.05, 0) is 37.1 Å². The molecule has 1 aliphatic heterocycles. The van der Waals surface area contributed by atoms with Gasteiger partial charge < -0.3 is 15.5 Å². The second-order valence-electron chi connectivity index (χ2n) is 7.76. The maximum Gasteiger partial charge on any atom is 0.209 e. The summed E-state index contributed by atoms with van der Waals surface area (Å²) in [4.78, 5) is 16.0. The SMILES string of the molecule is N#Cc1ccc(NCCNc2nc(-c3cccc(N4CCCC4)c3)cc3nccn23)nc1.